The molecule has 0 radical (unpaired) electrons. The molecule has 0 fully saturated rings. The van der Waals surface area contributed by atoms with Crippen LogP contribution in [0.3, 0.4) is 0 Å². The average Bonchev–Trinajstić information content (AvgIpc) is 1.57. The molecule has 0 bridgehead atoms. The molecule has 28 heteroatoms. The number of nitriles is 2. The molecule has 0 spiro atoms. The van der Waals surface area contributed by atoms with Crippen molar-refractivity contribution in [3.63, 3.8) is 0 Å². The van der Waals surface area contributed by atoms with Crippen molar-refractivity contribution in [1.82, 2.24) is 9.80 Å². The molecule has 544 valence electrons. The number of aliphatic imine (C=N–C) groups is 3. The molecule has 0 unspecified atom stereocenters. The molecule has 2 aliphatic rings. The Hall–Kier alpha value is -10.4. The van der Waals surface area contributed by atoms with Gasteiger partial charge in [-0.25, -0.2) is 15.0 Å². The van der Waals surface area contributed by atoms with E-state index < -0.39 is 59.2 Å². The molecule has 7 aromatic carbocycles. The fourth-order valence-electron chi connectivity index (χ4n) is 9.49. The SMILES string of the molecule is CC(C)(C)OC([O-])=Nc1ccc(C#N)cc1.CC(C)(C)OC([O-])=Nc1ccc(CN)cc1.CC(C)(C)OC([O-])=Nc1ccc(CNc2c(Cl)ccc3c2CCN(C(=O)C(F)(F)F)CC3)cc1.N#Cc1ccc(N)cc1.Nc1ccc(CNc2c(Cl)ccc3c2CCN(C(=O)C(F)(F)F)CC3)cc1. The number of nitrogens with zero attached hydrogens (tertiary/aromatic N) is 7. The van der Waals surface area contributed by atoms with Crippen molar-refractivity contribution in [3.8, 4) is 12.1 Å². The van der Waals surface area contributed by atoms with E-state index in [1.807, 2.05) is 42.5 Å². The minimum Gasteiger partial charge on any atom is -0.594 e. The number of anilines is 4. The molecule has 0 aliphatic carbocycles. The van der Waals surface area contributed by atoms with E-state index in [0.717, 1.165) is 48.7 Å². The number of rotatable bonds is 10. The van der Waals surface area contributed by atoms with Gasteiger partial charge in [0.05, 0.1) is 61.7 Å². The quantitative estimate of drug-likeness (QED) is 0.0368. The summed E-state index contributed by atoms with van der Waals surface area (Å²) in [5.41, 5.74) is 26.5. The van der Waals surface area contributed by atoms with E-state index in [1.165, 1.54) is 0 Å². The normalized spacial score (nSPS) is 13.4. The third-order valence-electron chi connectivity index (χ3n) is 14.2. The minimum absolute atomic E-state index is 0.00222. The topological polar surface area (TPSA) is 324 Å². The van der Waals surface area contributed by atoms with Gasteiger partial charge in [-0.15, -0.1) is 0 Å². The van der Waals surface area contributed by atoms with Gasteiger partial charge < -0.3 is 67.2 Å². The van der Waals surface area contributed by atoms with Gasteiger partial charge in [-0.05, 0) is 162 Å². The Morgan fingerprint density at radius 2 is 0.755 bits per heavy atom. The zero-order valence-corrected chi connectivity index (χ0v) is 59.3. The zero-order chi connectivity index (χ0) is 75.8. The fraction of sp³-hybridized carbons (Fsp3) is 0.338. The summed E-state index contributed by atoms with van der Waals surface area (Å²) in [6.07, 6.45) is -10.4. The Balaban J connectivity index is 0.000000245. The van der Waals surface area contributed by atoms with Gasteiger partial charge in [0.15, 0.2) is 18.3 Å². The Labute approximate surface area is 599 Å². The van der Waals surface area contributed by atoms with Crippen LogP contribution in [0.1, 0.15) is 112 Å². The molecule has 0 atom stereocenters. The number of halogens is 8. The number of alkyl halides is 6. The maximum Gasteiger partial charge on any atom is 0.471 e. The summed E-state index contributed by atoms with van der Waals surface area (Å²) in [4.78, 5) is 36.4. The first-order valence-corrected chi connectivity index (χ1v) is 32.6. The highest BCUT2D eigenvalue weighted by Crippen LogP contribution is 2.35. The lowest BCUT2D eigenvalue weighted by Gasteiger charge is -2.29. The number of hydrogen-bond donors (Lipinski definition) is 5. The summed E-state index contributed by atoms with van der Waals surface area (Å²) in [6, 6.07) is 45.7. The van der Waals surface area contributed by atoms with Crippen molar-refractivity contribution >= 4 is 93.1 Å². The van der Waals surface area contributed by atoms with Crippen LogP contribution in [-0.4, -0.2) is 95.2 Å². The summed E-state index contributed by atoms with van der Waals surface area (Å²) in [5.74, 6) is -3.62. The highest BCUT2D eigenvalue weighted by atomic mass is 35.5. The number of carbonyl (C=O) groups is 2. The average molecular weight is 1450 g/mol. The summed E-state index contributed by atoms with van der Waals surface area (Å²) in [5, 5.41) is 59.0. The second kappa shape index (κ2) is 37.3. The number of fused-ring (bicyclic) bond motifs is 2. The van der Waals surface area contributed by atoms with Crippen molar-refractivity contribution in [3.05, 3.63) is 206 Å². The molecule has 2 heterocycles. The van der Waals surface area contributed by atoms with Crippen molar-refractivity contribution in [2.75, 3.05) is 48.3 Å². The molecule has 7 aromatic rings. The molecule has 8 N–H and O–H groups in total. The number of ether oxygens (including phenoxy) is 3. The Bertz CT molecular complexity index is 4090. The summed E-state index contributed by atoms with van der Waals surface area (Å²) < 4.78 is 92.1. The van der Waals surface area contributed by atoms with Gasteiger partial charge in [0.1, 0.15) is 0 Å². The van der Waals surface area contributed by atoms with E-state index in [4.69, 9.17) is 65.1 Å². The number of nitrogens with one attached hydrogen (secondary N) is 2. The monoisotopic (exact) mass is 1450 g/mol. The van der Waals surface area contributed by atoms with Crippen molar-refractivity contribution in [2.24, 2.45) is 20.7 Å². The second-order valence-electron chi connectivity index (χ2n) is 25.9. The van der Waals surface area contributed by atoms with E-state index >= 15 is 0 Å². The Kier molecular flexibility index (Phi) is 30.1. The lowest BCUT2D eigenvalue weighted by atomic mass is 10.0. The minimum atomic E-state index is -4.89. The molecule has 2 aliphatic heterocycles. The molecule has 0 saturated heterocycles. The largest absolute Gasteiger partial charge is 0.594 e. The van der Waals surface area contributed by atoms with Crippen LogP contribution in [0.25, 0.3) is 0 Å². The number of amides is 2. The third kappa shape index (κ3) is 28.7. The highest BCUT2D eigenvalue weighted by Gasteiger charge is 2.44. The maximum atomic E-state index is 12.9. The van der Waals surface area contributed by atoms with Gasteiger partial charge in [-0.3, -0.25) is 9.59 Å². The van der Waals surface area contributed by atoms with Gasteiger partial charge in [0.2, 0.25) is 0 Å². The fourth-order valence-corrected chi connectivity index (χ4v) is 9.98. The first kappa shape index (κ1) is 82.3. The first-order chi connectivity index (χ1) is 47.7. The van der Waals surface area contributed by atoms with Crippen molar-refractivity contribution < 1.29 is 65.5 Å². The van der Waals surface area contributed by atoms with Crippen LogP contribution in [0.5, 0.6) is 0 Å². The lowest BCUT2D eigenvalue weighted by Crippen LogP contribution is -2.42. The molecule has 9 rings (SSSR count). The van der Waals surface area contributed by atoms with Crippen LogP contribution in [0.2, 0.25) is 10.0 Å². The molecule has 2 amide bonds. The van der Waals surface area contributed by atoms with Crippen LogP contribution in [0.4, 0.5) is 66.2 Å². The molecule has 0 aromatic heterocycles. The van der Waals surface area contributed by atoms with Crippen LogP contribution in [0.15, 0.2) is 161 Å². The third-order valence-corrected chi connectivity index (χ3v) is 14.9. The van der Waals surface area contributed by atoms with Crippen molar-refractivity contribution in [2.45, 2.75) is 137 Å². The van der Waals surface area contributed by atoms with Crippen LogP contribution >= 0.6 is 23.2 Å². The van der Waals surface area contributed by atoms with Crippen LogP contribution < -0.4 is 43.2 Å². The zero-order valence-electron chi connectivity index (χ0n) is 57.8. The Morgan fingerprint density at radius 1 is 0.471 bits per heavy atom. The van der Waals surface area contributed by atoms with Gasteiger partial charge in [-0.1, -0.05) is 134 Å². The van der Waals surface area contributed by atoms with E-state index in [1.54, 1.807) is 178 Å². The van der Waals surface area contributed by atoms with E-state index in [2.05, 4.69) is 25.6 Å². The van der Waals surface area contributed by atoms with E-state index in [0.29, 0.717) is 99.9 Å². The van der Waals surface area contributed by atoms with E-state index in [9.17, 15) is 51.3 Å². The van der Waals surface area contributed by atoms with Crippen LogP contribution in [0, 0.1) is 22.7 Å². The molecule has 102 heavy (non-hydrogen) atoms. The number of nitrogen functional groups attached to an aromatic ring is 2. The lowest BCUT2D eigenvalue weighted by molar-refractivity contribution is -0.260. The summed E-state index contributed by atoms with van der Waals surface area (Å²) >= 11 is 12.7. The van der Waals surface area contributed by atoms with Gasteiger partial charge in [-0.2, -0.15) is 36.9 Å². The number of hydrogen-bond acceptors (Lipinski definition) is 18. The molecular formula is C74H81Cl2F6N12O8-3. The molecular weight excluding hydrogens is 1370 g/mol. The predicted octanol–water partition coefficient (Wildman–Crippen LogP) is 12.8. The predicted molar refractivity (Wildman–Crippen MR) is 380 cm³/mol. The van der Waals surface area contributed by atoms with E-state index in [-0.39, 0.29) is 32.6 Å². The summed E-state index contributed by atoms with van der Waals surface area (Å²) in [7, 11) is 0. The maximum absolute atomic E-state index is 12.9. The van der Waals surface area contributed by atoms with Gasteiger partial charge >= 0.3 is 24.2 Å². The van der Waals surface area contributed by atoms with Crippen molar-refractivity contribution in [1.29, 1.82) is 10.5 Å². The number of carbonyl (C=O) groups excluding carboxylic acids is 2. The number of benzene rings is 7. The first-order valence-electron chi connectivity index (χ1n) is 31.9. The van der Waals surface area contributed by atoms with Gasteiger partial charge in [0, 0.05) is 74.0 Å². The van der Waals surface area contributed by atoms with Gasteiger partial charge in [0.25, 0.3) is 0 Å². The molecule has 0 saturated carbocycles. The highest BCUT2D eigenvalue weighted by molar-refractivity contribution is 6.33. The Morgan fingerprint density at radius 3 is 1.06 bits per heavy atom. The summed E-state index contributed by atoms with van der Waals surface area (Å²) in [6.45, 7) is 17.4. The standard InChI is InChI=1S/C24H27ClF3N3O3.C19H19ClF3N3O.C12H18N2O2.C12H14N2O2.C7H6N2/c1-23(2,3)34-22(33)30-17-7-4-15(5-8-17)14-29-20-18-11-13-31(21(32)24(26,27)28)12-10-16(18)6-9-19(20)25;20-16-6-3-13-7-9-26(18(27)19(21,22)23)10-8-15(13)17(16)25-11-12-1-4-14(24)5-2-12;2*1-12(2,3)16-11(15)14-10-6-4-9(8-13)5-7-10;8-5-6-1-3-7(9)4-2-6/h4-9,29H,10-14H2,1-3H3,(H,30,33);1-6,25H,7-11,24H2;4-7H,8,13H2,1-3H3,(H,14,15);4-7H,1-3H3,(H,14,15);1-4H,9H2/p-3. The second-order valence-corrected chi connectivity index (χ2v) is 26.7. The smallest absolute Gasteiger partial charge is 0.471 e. The van der Waals surface area contributed by atoms with Crippen LogP contribution in [-0.2, 0) is 69.1 Å². The number of nitrogens with two attached hydrogens (primary N) is 3. The molecule has 20 nitrogen and oxygen atoms in total.